The lowest BCUT2D eigenvalue weighted by molar-refractivity contribution is 0.471. The van der Waals surface area contributed by atoms with Crippen molar-refractivity contribution in [3.8, 4) is 0 Å². The Morgan fingerprint density at radius 1 is 1.25 bits per heavy atom. The third-order valence-electron chi connectivity index (χ3n) is 0.511. The molecule has 1 atom stereocenters. The third kappa shape index (κ3) is 3.42. The van der Waals surface area contributed by atoms with E-state index in [0.717, 1.165) is 6.26 Å². The molecule has 0 fully saturated rings. The summed E-state index contributed by atoms with van der Waals surface area (Å²) in [4.78, 5) is -0.667. The molecule has 0 aliphatic carbocycles. The first-order valence-corrected chi connectivity index (χ1v) is 3.22. The number of halogens is 3. The second-order valence-electron chi connectivity index (χ2n) is 1.12. The molecule has 0 aliphatic rings. The summed E-state index contributed by atoms with van der Waals surface area (Å²) in [5, 5.41) is 7.59. The van der Waals surface area contributed by atoms with Crippen molar-refractivity contribution in [2.24, 2.45) is 0 Å². The molecule has 0 aromatic heterocycles. The largest absolute Gasteiger partial charge is 0.516 e. The van der Waals surface area contributed by atoms with E-state index in [0.29, 0.717) is 0 Å². The van der Waals surface area contributed by atoms with Gasteiger partial charge in [0.05, 0.1) is 11.6 Å². The SMILES string of the molecule is OC=CC(Cl)C(Cl)Cl. The van der Waals surface area contributed by atoms with Crippen LogP contribution in [-0.4, -0.2) is 15.3 Å². The topological polar surface area (TPSA) is 20.2 Å². The zero-order chi connectivity index (χ0) is 6.57. The highest BCUT2D eigenvalue weighted by molar-refractivity contribution is 6.48. The highest BCUT2D eigenvalue weighted by atomic mass is 35.5. The lowest BCUT2D eigenvalue weighted by atomic mass is 10.5. The van der Waals surface area contributed by atoms with Crippen LogP contribution in [0.15, 0.2) is 12.3 Å². The molecule has 1 nitrogen and oxygen atoms in total. The number of hydrogen-bond donors (Lipinski definition) is 1. The Morgan fingerprint density at radius 3 is 1.88 bits per heavy atom. The maximum absolute atomic E-state index is 8.10. The molecule has 0 spiro atoms. The van der Waals surface area contributed by atoms with Gasteiger partial charge in [-0.15, -0.1) is 34.8 Å². The van der Waals surface area contributed by atoms with Crippen molar-refractivity contribution in [2.45, 2.75) is 10.2 Å². The highest BCUT2D eigenvalue weighted by Crippen LogP contribution is 2.14. The van der Waals surface area contributed by atoms with E-state index in [1.54, 1.807) is 0 Å². The summed E-state index contributed by atoms with van der Waals surface area (Å²) in [6.07, 6.45) is 2.11. The molecular weight excluding hydrogens is 170 g/mol. The smallest absolute Gasteiger partial charge is 0.127 e. The summed E-state index contributed by atoms with van der Waals surface area (Å²) in [5.74, 6) is 0. The minimum atomic E-state index is -0.667. The van der Waals surface area contributed by atoms with Gasteiger partial charge in [-0.05, 0) is 6.08 Å². The number of rotatable bonds is 2. The third-order valence-corrected chi connectivity index (χ3v) is 1.71. The van der Waals surface area contributed by atoms with Gasteiger partial charge >= 0.3 is 0 Å². The van der Waals surface area contributed by atoms with Crippen LogP contribution in [0.4, 0.5) is 0 Å². The minimum Gasteiger partial charge on any atom is -0.516 e. The van der Waals surface area contributed by atoms with Crippen molar-refractivity contribution in [3.63, 3.8) is 0 Å². The number of allylic oxidation sites excluding steroid dienone is 1. The van der Waals surface area contributed by atoms with Crippen LogP contribution < -0.4 is 0 Å². The standard InChI is InChI=1S/C4H5Cl3O/c5-3(1-2-8)4(6)7/h1-4,8H. The molecule has 8 heavy (non-hydrogen) atoms. The molecule has 0 amide bonds. The Labute approximate surface area is 62.8 Å². The number of aliphatic hydroxyl groups is 1. The first-order chi connectivity index (χ1) is 3.68. The van der Waals surface area contributed by atoms with Gasteiger partial charge < -0.3 is 5.11 Å². The van der Waals surface area contributed by atoms with Crippen LogP contribution in [0.5, 0.6) is 0 Å². The Kier molecular flexibility index (Phi) is 4.53. The minimum absolute atomic E-state index is 0.511. The average molecular weight is 175 g/mol. The fourth-order valence-corrected chi connectivity index (χ4v) is 0.399. The molecule has 0 aromatic carbocycles. The molecule has 0 radical (unpaired) electrons. The van der Waals surface area contributed by atoms with Crippen LogP contribution in [0.3, 0.4) is 0 Å². The number of alkyl halides is 3. The normalized spacial score (nSPS) is 15.5. The van der Waals surface area contributed by atoms with Crippen molar-refractivity contribution in [1.82, 2.24) is 0 Å². The second-order valence-corrected chi connectivity index (χ2v) is 2.79. The van der Waals surface area contributed by atoms with Crippen molar-refractivity contribution >= 4 is 34.8 Å². The monoisotopic (exact) mass is 174 g/mol. The van der Waals surface area contributed by atoms with Crippen molar-refractivity contribution in [1.29, 1.82) is 0 Å². The molecule has 0 saturated carbocycles. The van der Waals surface area contributed by atoms with E-state index in [9.17, 15) is 0 Å². The quantitative estimate of drug-likeness (QED) is 0.505. The molecule has 4 heteroatoms. The molecule has 0 rings (SSSR count). The molecule has 1 N–H and O–H groups in total. The predicted octanol–water partition coefficient (Wildman–Crippen LogP) is 2.47. The van der Waals surface area contributed by atoms with Crippen molar-refractivity contribution in [2.75, 3.05) is 0 Å². The van der Waals surface area contributed by atoms with Gasteiger partial charge in [0.1, 0.15) is 4.84 Å². The summed E-state index contributed by atoms with van der Waals surface area (Å²) in [6, 6.07) is 0. The number of aliphatic hydroxyl groups excluding tert-OH is 1. The van der Waals surface area contributed by atoms with Crippen LogP contribution in [0.2, 0.25) is 0 Å². The summed E-state index contributed by atoms with van der Waals surface area (Å²) in [6.45, 7) is 0. The van der Waals surface area contributed by atoms with Gasteiger partial charge in [0.2, 0.25) is 0 Å². The maximum atomic E-state index is 8.10. The summed E-state index contributed by atoms with van der Waals surface area (Å²) < 4.78 is 0. The zero-order valence-corrected chi connectivity index (χ0v) is 6.16. The van der Waals surface area contributed by atoms with Crippen LogP contribution >= 0.6 is 34.8 Å². The molecule has 0 aliphatic heterocycles. The van der Waals surface area contributed by atoms with E-state index < -0.39 is 10.2 Å². The zero-order valence-electron chi connectivity index (χ0n) is 3.89. The first kappa shape index (κ1) is 8.41. The van der Waals surface area contributed by atoms with Gasteiger partial charge in [-0.2, -0.15) is 0 Å². The Bertz CT molecular complexity index is 81.4. The first-order valence-electron chi connectivity index (χ1n) is 1.91. The fraction of sp³-hybridized carbons (Fsp3) is 0.500. The van der Waals surface area contributed by atoms with Crippen molar-refractivity contribution in [3.05, 3.63) is 12.3 Å². The van der Waals surface area contributed by atoms with E-state index >= 15 is 0 Å². The van der Waals surface area contributed by atoms with Crippen LogP contribution in [0.1, 0.15) is 0 Å². The Morgan fingerprint density at radius 2 is 1.75 bits per heavy atom. The number of hydrogen-bond acceptors (Lipinski definition) is 1. The predicted molar refractivity (Wildman–Crippen MR) is 36.9 cm³/mol. The highest BCUT2D eigenvalue weighted by Gasteiger charge is 2.08. The summed E-state index contributed by atoms with van der Waals surface area (Å²) in [7, 11) is 0. The molecule has 0 bridgehead atoms. The van der Waals surface area contributed by atoms with Gasteiger partial charge in [-0.1, -0.05) is 0 Å². The molecular formula is C4H5Cl3O. The molecule has 0 saturated heterocycles. The van der Waals surface area contributed by atoms with Crippen LogP contribution in [0, 0.1) is 0 Å². The van der Waals surface area contributed by atoms with Crippen LogP contribution in [-0.2, 0) is 0 Å². The van der Waals surface area contributed by atoms with E-state index in [4.69, 9.17) is 39.9 Å². The summed E-state index contributed by atoms with van der Waals surface area (Å²) in [5.41, 5.74) is 0. The lowest BCUT2D eigenvalue weighted by Gasteiger charge is -2.00. The van der Waals surface area contributed by atoms with E-state index in [-0.39, 0.29) is 0 Å². The van der Waals surface area contributed by atoms with E-state index in [2.05, 4.69) is 0 Å². The van der Waals surface area contributed by atoms with E-state index in [1.165, 1.54) is 6.08 Å². The lowest BCUT2D eigenvalue weighted by Crippen LogP contribution is -2.03. The molecule has 0 aromatic rings. The fourth-order valence-electron chi connectivity index (χ4n) is 0.166. The van der Waals surface area contributed by atoms with E-state index in [1.807, 2.05) is 0 Å². The van der Waals surface area contributed by atoms with Gasteiger partial charge in [0.15, 0.2) is 0 Å². The average Bonchev–Trinajstić information content (AvgIpc) is 1.67. The van der Waals surface area contributed by atoms with Gasteiger partial charge in [-0.25, -0.2) is 0 Å². The Balaban J connectivity index is 3.47. The van der Waals surface area contributed by atoms with Crippen LogP contribution in [0.25, 0.3) is 0 Å². The molecule has 1 unspecified atom stereocenters. The summed E-state index contributed by atoms with van der Waals surface area (Å²) >= 11 is 16.0. The second kappa shape index (κ2) is 4.30. The van der Waals surface area contributed by atoms with Gasteiger partial charge in [-0.3, -0.25) is 0 Å². The molecule has 0 heterocycles. The van der Waals surface area contributed by atoms with Gasteiger partial charge in [0, 0.05) is 0 Å². The van der Waals surface area contributed by atoms with Crippen molar-refractivity contribution < 1.29 is 5.11 Å². The molecule has 48 valence electrons. The maximum Gasteiger partial charge on any atom is 0.127 e. The Hall–Kier alpha value is 0.410. The van der Waals surface area contributed by atoms with Gasteiger partial charge in [0.25, 0.3) is 0 Å².